The van der Waals surface area contributed by atoms with Gasteiger partial charge in [0.2, 0.25) is 0 Å². The topological polar surface area (TPSA) is 29.3 Å². The van der Waals surface area contributed by atoms with Crippen LogP contribution in [0.4, 0.5) is 11.4 Å². The normalized spacial score (nSPS) is 14.3. The summed E-state index contributed by atoms with van der Waals surface area (Å²) in [4.78, 5) is 2.39. The molecule has 0 saturated carbocycles. The van der Waals surface area contributed by atoms with Crippen LogP contribution in [0, 0.1) is 0 Å². The molecule has 98 valence electrons. The van der Waals surface area contributed by atoms with Gasteiger partial charge in [0, 0.05) is 29.5 Å². The summed E-state index contributed by atoms with van der Waals surface area (Å²) in [5.41, 5.74) is 10.7. The van der Waals surface area contributed by atoms with Crippen molar-refractivity contribution >= 4 is 23.0 Å². The van der Waals surface area contributed by atoms with E-state index in [0.29, 0.717) is 0 Å². The molecule has 0 unspecified atom stereocenters. The third-order valence-corrected chi connectivity index (χ3v) is 3.91. The second-order valence-corrected chi connectivity index (χ2v) is 5.43. The van der Waals surface area contributed by atoms with E-state index in [1.54, 1.807) is 0 Å². The van der Waals surface area contributed by atoms with E-state index in [-0.39, 0.29) is 0 Å². The molecule has 3 rings (SSSR count). The van der Waals surface area contributed by atoms with Crippen LogP contribution < -0.4 is 10.6 Å². The first-order valence-electron chi connectivity index (χ1n) is 6.61. The van der Waals surface area contributed by atoms with E-state index in [2.05, 4.69) is 29.2 Å². The number of benzene rings is 2. The van der Waals surface area contributed by atoms with Crippen LogP contribution in [0.15, 0.2) is 42.5 Å². The Labute approximate surface area is 118 Å². The number of nitrogens with two attached hydrogens (primary N) is 1. The Morgan fingerprint density at radius 1 is 1.16 bits per heavy atom. The number of para-hydroxylation sites is 1. The summed E-state index contributed by atoms with van der Waals surface area (Å²) < 4.78 is 0. The first-order valence-corrected chi connectivity index (χ1v) is 6.98. The lowest BCUT2D eigenvalue weighted by molar-refractivity contribution is 0.692. The smallest absolute Gasteiger partial charge is 0.0450 e. The summed E-state index contributed by atoms with van der Waals surface area (Å²) in [5.74, 6) is 0. The lowest BCUT2D eigenvalue weighted by Crippen LogP contribution is -2.29. The predicted molar refractivity (Wildman–Crippen MR) is 81.7 cm³/mol. The minimum Gasteiger partial charge on any atom is -0.398 e. The third kappa shape index (κ3) is 2.54. The lowest BCUT2D eigenvalue weighted by Gasteiger charge is -2.31. The van der Waals surface area contributed by atoms with E-state index in [0.717, 1.165) is 35.8 Å². The molecule has 0 aromatic heterocycles. The maximum atomic E-state index is 6.06. The molecule has 0 fully saturated rings. The molecule has 0 amide bonds. The van der Waals surface area contributed by atoms with E-state index in [1.165, 1.54) is 17.7 Å². The third-order valence-electron chi connectivity index (χ3n) is 3.67. The first-order chi connectivity index (χ1) is 9.24. The highest BCUT2D eigenvalue weighted by Crippen LogP contribution is 2.29. The Kier molecular flexibility index (Phi) is 3.34. The van der Waals surface area contributed by atoms with Gasteiger partial charge in [0.25, 0.3) is 0 Å². The fourth-order valence-electron chi connectivity index (χ4n) is 2.69. The fraction of sp³-hybridized carbons (Fsp3) is 0.250. The SMILES string of the molecule is Nc1ccc(Cl)cc1CN1CCCc2ccccc21. The van der Waals surface area contributed by atoms with Crippen LogP contribution in [-0.2, 0) is 13.0 Å². The predicted octanol–water partition coefficient (Wildman–Crippen LogP) is 3.88. The Hall–Kier alpha value is -1.67. The van der Waals surface area contributed by atoms with E-state index < -0.39 is 0 Å². The largest absolute Gasteiger partial charge is 0.398 e. The van der Waals surface area contributed by atoms with Crippen LogP contribution in [0.2, 0.25) is 5.02 Å². The number of rotatable bonds is 2. The molecule has 0 radical (unpaired) electrons. The molecule has 3 heteroatoms. The molecule has 0 bridgehead atoms. The van der Waals surface area contributed by atoms with Crippen LogP contribution in [0.25, 0.3) is 0 Å². The van der Waals surface area contributed by atoms with Gasteiger partial charge in [-0.15, -0.1) is 0 Å². The van der Waals surface area contributed by atoms with E-state index >= 15 is 0 Å². The molecular weight excluding hydrogens is 256 g/mol. The van der Waals surface area contributed by atoms with Gasteiger partial charge in [-0.3, -0.25) is 0 Å². The van der Waals surface area contributed by atoms with Crippen molar-refractivity contribution in [3.8, 4) is 0 Å². The molecular formula is C16H17ClN2. The lowest BCUT2D eigenvalue weighted by atomic mass is 10.0. The Bertz CT molecular complexity index is 595. The number of anilines is 2. The van der Waals surface area contributed by atoms with Crippen molar-refractivity contribution < 1.29 is 0 Å². The summed E-state index contributed by atoms with van der Waals surface area (Å²) in [6, 6.07) is 14.3. The fourth-order valence-corrected chi connectivity index (χ4v) is 2.89. The Balaban J connectivity index is 1.90. The molecule has 2 aromatic carbocycles. The average molecular weight is 273 g/mol. The standard InChI is InChI=1S/C16H17ClN2/c17-14-7-8-15(18)13(10-14)11-19-9-3-5-12-4-1-2-6-16(12)19/h1-2,4,6-8,10H,3,5,9,11,18H2. The van der Waals surface area contributed by atoms with Crippen molar-refractivity contribution in [2.75, 3.05) is 17.2 Å². The number of hydrogen-bond donors (Lipinski definition) is 1. The van der Waals surface area contributed by atoms with Crippen molar-refractivity contribution in [3.63, 3.8) is 0 Å². The van der Waals surface area contributed by atoms with Gasteiger partial charge in [-0.2, -0.15) is 0 Å². The van der Waals surface area contributed by atoms with Gasteiger partial charge in [-0.05, 0) is 48.2 Å². The number of halogens is 1. The molecule has 2 N–H and O–H groups in total. The average Bonchev–Trinajstić information content (AvgIpc) is 2.43. The molecule has 1 aliphatic rings. The van der Waals surface area contributed by atoms with Gasteiger partial charge >= 0.3 is 0 Å². The molecule has 2 nitrogen and oxygen atoms in total. The van der Waals surface area contributed by atoms with Crippen molar-refractivity contribution in [3.05, 3.63) is 58.6 Å². The molecule has 0 aliphatic carbocycles. The summed E-state index contributed by atoms with van der Waals surface area (Å²) in [5, 5.41) is 0.745. The van der Waals surface area contributed by atoms with Crippen molar-refractivity contribution in [1.29, 1.82) is 0 Å². The highest BCUT2D eigenvalue weighted by Gasteiger charge is 2.17. The van der Waals surface area contributed by atoms with Gasteiger partial charge in [0.1, 0.15) is 0 Å². The van der Waals surface area contributed by atoms with E-state index in [4.69, 9.17) is 17.3 Å². The molecule has 1 aliphatic heterocycles. The molecule has 0 atom stereocenters. The number of nitrogens with zero attached hydrogens (tertiary/aromatic N) is 1. The van der Waals surface area contributed by atoms with Crippen molar-refractivity contribution in [2.45, 2.75) is 19.4 Å². The molecule has 0 saturated heterocycles. The number of aryl methyl sites for hydroxylation is 1. The number of nitrogen functional groups attached to an aromatic ring is 1. The minimum atomic E-state index is 0.745. The van der Waals surface area contributed by atoms with E-state index in [1.807, 2.05) is 18.2 Å². The van der Waals surface area contributed by atoms with Crippen molar-refractivity contribution in [1.82, 2.24) is 0 Å². The summed E-state index contributed by atoms with van der Waals surface area (Å²) in [6.07, 6.45) is 2.36. The second kappa shape index (κ2) is 5.14. The highest BCUT2D eigenvalue weighted by molar-refractivity contribution is 6.30. The monoisotopic (exact) mass is 272 g/mol. The zero-order valence-corrected chi connectivity index (χ0v) is 11.5. The Morgan fingerprint density at radius 3 is 2.89 bits per heavy atom. The summed E-state index contributed by atoms with van der Waals surface area (Å²) in [6.45, 7) is 1.90. The highest BCUT2D eigenvalue weighted by atomic mass is 35.5. The molecule has 2 aromatic rings. The number of hydrogen-bond acceptors (Lipinski definition) is 2. The second-order valence-electron chi connectivity index (χ2n) is 5.00. The van der Waals surface area contributed by atoms with Crippen LogP contribution in [-0.4, -0.2) is 6.54 Å². The maximum Gasteiger partial charge on any atom is 0.0450 e. The molecule has 1 heterocycles. The molecule has 19 heavy (non-hydrogen) atoms. The quantitative estimate of drug-likeness (QED) is 0.841. The van der Waals surface area contributed by atoms with Gasteiger partial charge in [-0.1, -0.05) is 29.8 Å². The van der Waals surface area contributed by atoms with Crippen LogP contribution in [0.3, 0.4) is 0 Å². The molecule has 0 spiro atoms. The number of fused-ring (bicyclic) bond motifs is 1. The zero-order valence-electron chi connectivity index (χ0n) is 10.8. The maximum absolute atomic E-state index is 6.06. The van der Waals surface area contributed by atoms with Crippen LogP contribution >= 0.6 is 11.6 Å². The van der Waals surface area contributed by atoms with Gasteiger partial charge in [0.15, 0.2) is 0 Å². The van der Waals surface area contributed by atoms with E-state index in [9.17, 15) is 0 Å². The van der Waals surface area contributed by atoms with Crippen LogP contribution in [0.1, 0.15) is 17.5 Å². The van der Waals surface area contributed by atoms with Gasteiger partial charge in [0.05, 0.1) is 0 Å². The summed E-state index contributed by atoms with van der Waals surface area (Å²) >= 11 is 6.06. The summed E-state index contributed by atoms with van der Waals surface area (Å²) in [7, 11) is 0. The van der Waals surface area contributed by atoms with Gasteiger partial charge < -0.3 is 10.6 Å². The Morgan fingerprint density at radius 2 is 2.00 bits per heavy atom. The van der Waals surface area contributed by atoms with Gasteiger partial charge in [-0.25, -0.2) is 0 Å². The van der Waals surface area contributed by atoms with Crippen molar-refractivity contribution in [2.24, 2.45) is 0 Å². The minimum absolute atomic E-state index is 0.745. The first kappa shape index (κ1) is 12.4. The zero-order chi connectivity index (χ0) is 13.2. The van der Waals surface area contributed by atoms with Crippen LogP contribution in [0.5, 0.6) is 0 Å².